The molecule has 11 heteroatoms. The van der Waals surface area contributed by atoms with Gasteiger partial charge in [-0.3, -0.25) is 4.79 Å². The van der Waals surface area contributed by atoms with Gasteiger partial charge in [-0.2, -0.15) is 10.3 Å². The highest BCUT2D eigenvalue weighted by molar-refractivity contribution is 6.35. The Morgan fingerprint density at radius 1 is 1.09 bits per heavy atom. The fraction of sp³-hybridized carbons (Fsp3) is 0.227. The number of carbonyl (C=O) groups is 1. The maximum atomic E-state index is 13.2. The van der Waals surface area contributed by atoms with E-state index >= 15 is 0 Å². The largest absolute Gasteiger partial charge is 0.350 e. The van der Waals surface area contributed by atoms with Crippen molar-refractivity contribution in [3.63, 3.8) is 0 Å². The Labute approximate surface area is 204 Å². The molecule has 0 saturated heterocycles. The maximum absolute atomic E-state index is 13.2. The van der Waals surface area contributed by atoms with Crippen LogP contribution in [0.3, 0.4) is 0 Å². The smallest absolute Gasteiger partial charge is 0.272 e. The monoisotopic (exact) mass is 501 g/mol. The predicted octanol–water partition coefficient (Wildman–Crippen LogP) is 4.74. The van der Waals surface area contributed by atoms with Gasteiger partial charge in [-0.15, -0.1) is 10.2 Å². The Balaban J connectivity index is 1.70. The molecular formula is C22H18Cl3N7O. The number of halogens is 3. The summed E-state index contributed by atoms with van der Waals surface area (Å²) in [5.74, 6) is 0.695. The predicted molar refractivity (Wildman–Crippen MR) is 126 cm³/mol. The van der Waals surface area contributed by atoms with Crippen molar-refractivity contribution in [1.82, 2.24) is 35.7 Å². The lowest BCUT2D eigenvalue weighted by Crippen LogP contribution is -2.27. The number of aromatic amines is 1. The van der Waals surface area contributed by atoms with Gasteiger partial charge < -0.3 is 5.32 Å². The molecule has 2 N–H and O–H groups in total. The van der Waals surface area contributed by atoms with Crippen molar-refractivity contribution in [2.75, 3.05) is 6.54 Å². The van der Waals surface area contributed by atoms with E-state index in [0.717, 1.165) is 18.4 Å². The molecule has 4 aromatic rings. The second-order valence-corrected chi connectivity index (χ2v) is 9.13. The highest BCUT2D eigenvalue weighted by Gasteiger charge is 2.28. The van der Waals surface area contributed by atoms with Crippen molar-refractivity contribution in [1.29, 1.82) is 0 Å². The third kappa shape index (κ3) is 4.73. The van der Waals surface area contributed by atoms with Crippen LogP contribution in [-0.2, 0) is 6.42 Å². The minimum atomic E-state index is -0.264. The van der Waals surface area contributed by atoms with Crippen LogP contribution in [0.2, 0.25) is 15.1 Å². The Bertz CT molecular complexity index is 1300. The van der Waals surface area contributed by atoms with Gasteiger partial charge in [0.05, 0.1) is 16.4 Å². The number of nitrogens with zero attached hydrogens (tertiary/aromatic N) is 5. The Kier molecular flexibility index (Phi) is 6.05. The summed E-state index contributed by atoms with van der Waals surface area (Å²) in [5.41, 5.74) is 2.99. The van der Waals surface area contributed by atoms with Crippen LogP contribution < -0.4 is 5.32 Å². The van der Waals surface area contributed by atoms with Gasteiger partial charge in [0.1, 0.15) is 0 Å². The van der Waals surface area contributed by atoms with Crippen molar-refractivity contribution < 1.29 is 4.79 Å². The van der Waals surface area contributed by atoms with Crippen molar-refractivity contribution >= 4 is 40.7 Å². The number of hydrogen-bond acceptors (Lipinski definition) is 5. The van der Waals surface area contributed by atoms with E-state index in [4.69, 9.17) is 39.9 Å². The molecule has 8 nitrogen and oxygen atoms in total. The number of aromatic nitrogens is 6. The van der Waals surface area contributed by atoms with E-state index in [-0.39, 0.29) is 18.0 Å². The molecule has 0 bridgehead atoms. The number of nitrogens with one attached hydrogen (secondary N) is 2. The summed E-state index contributed by atoms with van der Waals surface area (Å²) in [7, 11) is 0. The van der Waals surface area contributed by atoms with Gasteiger partial charge in [0.2, 0.25) is 0 Å². The van der Waals surface area contributed by atoms with E-state index in [1.807, 2.05) is 12.1 Å². The summed E-state index contributed by atoms with van der Waals surface area (Å²) in [6.45, 7) is 0.616. The molecule has 33 heavy (non-hydrogen) atoms. The fourth-order valence-corrected chi connectivity index (χ4v) is 4.20. The molecule has 1 amide bonds. The van der Waals surface area contributed by atoms with E-state index in [1.165, 1.54) is 0 Å². The highest BCUT2D eigenvalue weighted by Crippen LogP contribution is 2.35. The van der Waals surface area contributed by atoms with E-state index in [1.54, 1.807) is 35.0 Å². The van der Waals surface area contributed by atoms with Crippen LogP contribution in [0.5, 0.6) is 0 Å². The standard InChI is InChI=1S/C22H18Cl3N7O/c23-14-5-3-13(4-6-14)21-16(10-19-27-30-31-28-19)20(22(33)26-11-12-1-2-12)29-32(21)18-8-7-15(24)9-17(18)25/h3-9,12H,1-2,10-11H2,(H,26,33)(H,27,28,30,31). The second-order valence-electron chi connectivity index (χ2n) is 7.85. The third-order valence-electron chi connectivity index (χ3n) is 5.43. The molecule has 2 aromatic heterocycles. The molecule has 0 unspecified atom stereocenters. The van der Waals surface area contributed by atoms with E-state index in [0.29, 0.717) is 50.3 Å². The van der Waals surface area contributed by atoms with Gasteiger partial charge in [0, 0.05) is 34.1 Å². The molecule has 2 aromatic carbocycles. The summed E-state index contributed by atoms with van der Waals surface area (Å²) in [6.07, 6.45) is 2.49. The molecular weight excluding hydrogens is 485 g/mol. The summed E-state index contributed by atoms with van der Waals surface area (Å²) in [4.78, 5) is 13.2. The van der Waals surface area contributed by atoms with Crippen LogP contribution in [0.15, 0.2) is 42.5 Å². The van der Waals surface area contributed by atoms with Crippen LogP contribution in [0, 0.1) is 5.92 Å². The first-order valence-electron chi connectivity index (χ1n) is 10.3. The molecule has 2 heterocycles. The lowest BCUT2D eigenvalue weighted by Gasteiger charge is -2.11. The zero-order valence-electron chi connectivity index (χ0n) is 17.2. The topological polar surface area (TPSA) is 101 Å². The maximum Gasteiger partial charge on any atom is 0.272 e. The molecule has 168 valence electrons. The van der Waals surface area contributed by atoms with Crippen molar-refractivity contribution in [3.05, 3.63) is 74.6 Å². The van der Waals surface area contributed by atoms with Gasteiger partial charge in [-0.25, -0.2) is 4.68 Å². The summed E-state index contributed by atoms with van der Waals surface area (Å²) < 4.78 is 1.66. The number of tetrazole rings is 1. The van der Waals surface area contributed by atoms with E-state index in [9.17, 15) is 4.79 Å². The highest BCUT2D eigenvalue weighted by atomic mass is 35.5. The molecule has 0 spiro atoms. The minimum Gasteiger partial charge on any atom is -0.350 e. The van der Waals surface area contributed by atoms with Gasteiger partial charge in [-0.05, 0) is 49.1 Å². The van der Waals surface area contributed by atoms with Gasteiger partial charge >= 0.3 is 0 Å². The van der Waals surface area contributed by atoms with Crippen molar-refractivity contribution in [3.8, 4) is 16.9 Å². The zero-order chi connectivity index (χ0) is 22.9. The number of benzene rings is 2. The average Bonchev–Trinajstić information content (AvgIpc) is 3.35. The van der Waals surface area contributed by atoms with Crippen LogP contribution in [0.4, 0.5) is 0 Å². The molecule has 1 fully saturated rings. The van der Waals surface area contributed by atoms with E-state index < -0.39 is 0 Å². The minimum absolute atomic E-state index is 0.242. The van der Waals surface area contributed by atoms with Crippen molar-refractivity contribution in [2.45, 2.75) is 19.3 Å². The number of carbonyl (C=O) groups excluding carboxylic acids is 1. The molecule has 1 saturated carbocycles. The molecule has 0 atom stereocenters. The first kappa shape index (κ1) is 21.9. The fourth-order valence-electron chi connectivity index (χ4n) is 3.59. The first-order valence-corrected chi connectivity index (χ1v) is 11.5. The van der Waals surface area contributed by atoms with Crippen LogP contribution in [0.1, 0.15) is 34.7 Å². The van der Waals surface area contributed by atoms with Gasteiger partial charge in [0.15, 0.2) is 11.5 Å². The number of hydrogen-bond donors (Lipinski definition) is 2. The number of rotatable bonds is 7. The Hall–Kier alpha value is -2.94. The van der Waals surface area contributed by atoms with Crippen LogP contribution in [0.25, 0.3) is 16.9 Å². The molecule has 1 aliphatic carbocycles. The SMILES string of the molecule is O=C(NCC1CC1)c1nn(-c2ccc(Cl)cc2Cl)c(-c2ccc(Cl)cc2)c1Cc1nn[nH]n1. The lowest BCUT2D eigenvalue weighted by molar-refractivity contribution is 0.0945. The summed E-state index contributed by atoms with van der Waals surface area (Å²) in [5, 5.41) is 23.5. The zero-order valence-corrected chi connectivity index (χ0v) is 19.5. The van der Waals surface area contributed by atoms with E-state index in [2.05, 4.69) is 25.9 Å². The summed E-state index contributed by atoms with van der Waals surface area (Å²) >= 11 is 18.8. The molecule has 0 aliphatic heterocycles. The lowest BCUT2D eigenvalue weighted by atomic mass is 10.0. The van der Waals surface area contributed by atoms with Crippen molar-refractivity contribution in [2.24, 2.45) is 5.92 Å². The quantitative estimate of drug-likeness (QED) is 0.380. The Morgan fingerprint density at radius 3 is 2.52 bits per heavy atom. The van der Waals surface area contributed by atoms with Crippen LogP contribution in [-0.4, -0.2) is 42.9 Å². The average molecular weight is 503 g/mol. The van der Waals surface area contributed by atoms with Crippen LogP contribution >= 0.6 is 34.8 Å². The number of amides is 1. The first-order chi connectivity index (χ1) is 16.0. The molecule has 5 rings (SSSR count). The number of H-pyrrole nitrogens is 1. The molecule has 1 aliphatic rings. The van der Waals surface area contributed by atoms with Gasteiger partial charge in [0.25, 0.3) is 5.91 Å². The third-order valence-corrected chi connectivity index (χ3v) is 6.22. The second kappa shape index (κ2) is 9.13. The Morgan fingerprint density at radius 2 is 1.85 bits per heavy atom. The normalized spacial score (nSPS) is 13.3. The van der Waals surface area contributed by atoms with Gasteiger partial charge in [-0.1, -0.05) is 52.1 Å². The summed E-state index contributed by atoms with van der Waals surface area (Å²) in [6, 6.07) is 12.4. The molecule has 0 radical (unpaired) electrons.